The first kappa shape index (κ1) is 13.7. The smallest absolute Gasteiger partial charge is 0.198 e. The molecule has 1 heterocycles. The van der Waals surface area contributed by atoms with E-state index in [1.54, 1.807) is 12.3 Å². The number of benzene rings is 2. The van der Waals surface area contributed by atoms with Gasteiger partial charge in [-0.3, -0.25) is 4.99 Å². The monoisotopic (exact) mass is 298 g/mol. The van der Waals surface area contributed by atoms with E-state index >= 15 is 0 Å². The van der Waals surface area contributed by atoms with E-state index in [2.05, 4.69) is 16.0 Å². The number of fused-ring (bicyclic) bond motifs is 1. The number of aliphatic imine (C=N–C) groups is 1. The normalized spacial score (nSPS) is 11.6. The van der Waals surface area contributed by atoms with Gasteiger partial charge in [-0.05, 0) is 49.2 Å². The van der Waals surface area contributed by atoms with Crippen molar-refractivity contribution >= 4 is 34.4 Å². The zero-order valence-electron chi connectivity index (χ0n) is 11.8. The molecule has 0 aliphatic rings. The Bertz CT molecular complexity index is 849. The van der Waals surface area contributed by atoms with E-state index in [-0.39, 0.29) is 5.88 Å². The molecule has 0 unspecified atom stereocenters. The molecule has 0 aliphatic heterocycles. The molecule has 3 aromatic rings. The van der Waals surface area contributed by atoms with Gasteiger partial charge in [0, 0.05) is 22.1 Å². The molecule has 0 radical (unpaired) electrons. The first-order valence-corrected chi connectivity index (χ1v) is 7.04. The van der Waals surface area contributed by atoms with Crippen LogP contribution in [0.4, 0.5) is 5.69 Å². The number of aromatic hydroxyl groups is 1. The Hall–Kier alpha value is -2.26. The molecule has 0 atom stereocenters. The number of hydrogen-bond acceptors (Lipinski definition) is 2. The SMILES string of the molecule is Cc1ccc(C)c(N=Cc2c(O)[nH]c3ccc(Cl)cc23)c1. The molecule has 21 heavy (non-hydrogen) atoms. The Labute approximate surface area is 127 Å². The van der Waals surface area contributed by atoms with Crippen molar-refractivity contribution in [3.8, 4) is 5.88 Å². The molecule has 0 saturated carbocycles. The molecule has 0 amide bonds. The van der Waals surface area contributed by atoms with Crippen LogP contribution in [0.25, 0.3) is 10.9 Å². The van der Waals surface area contributed by atoms with Crippen molar-refractivity contribution in [2.24, 2.45) is 4.99 Å². The highest BCUT2D eigenvalue weighted by atomic mass is 35.5. The van der Waals surface area contributed by atoms with Crippen LogP contribution in [-0.4, -0.2) is 16.3 Å². The van der Waals surface area contributed by atoms with E-state index in [0.29, 0.717) is 10.6 Å². The summed E-state index contributed by atoms with van der Waals surface area (Å²) >= 11 is 6.02. The highest BCUT2D eigenvalue weighted by Gasteiger charge is 2.09. The second-order valence-electron chi connectivity index (χ2n) is 5.13. The molecule has 106 valence electrons. The van der Waals surface area contributed by atoms with Gasteiger partial charge in [-0.25, -0.2) is 0 Å². The standard InChI is InChI=1S/C17H15ClN2O/c1-10-3-4-11(2)16(7-10)19-9-14-13-8-12(18)5-6-15(13)20-17(14)21/h3-9,20-21H,1-2H3. The van der Waals surface area contributed by atoms with Crippen LogP contribution in [0, 0.1) is 13.8 Å². The Morgan fingerprint density at radius 1 is 1.14 bits per heavy atom. The third-order valence-electron chi connectivity index (χ3n) is 3.48. The molecule has 0 fully saturated rings. The van der Waals surface area contributed by atoms with Crippen LogP contribution in [0.5, 0.6) is 5.88 Å². The third-order valence-corrected chi connectivity index (χ3v) is 3.71. The van der Waals surface area contributed by atoms with E-state index in [0.717, 1.165) is 27.7 Å². The molecule has 0 aliphatic carbocycles. The minimum Gasteiger partial charge on any atom is -0.494 e. The topological polar surface area (TPSA) is 48.4 Å². The highest BCUT2D eigenvalue weighted by molar-refractivity contribution is 6.31. The molecule has 1 aromatic heterocycles. The summed E-state index contributed by atoms with van der Waals surface area (Å²) < 4.78 is 0. The lowest BCUT2D eigenvalue weighted by Crippen LogP contribution is -1.82. The van der Waals surface area contributed by atoms with Crippen molar-refractivity contribution < 1.29 is 5.11 Å². The number of H-pyrrole nitrogens is 1. The predicted molar refractivity (Wildman–Crippen MR) is 88.1 cm³/mol. The predicted octanol–water partition coefficient (Wildman–Crippen LogP) is 4.89. The molecule has 0 saturated heterocycles. The Morgan fingerprint density at radius 3 is 2.76 bits per heavy atom. The number of aryl methyl sites for hydroxylation is 2. The van der Waals surface area contributed by atoms with Crippen LogP contribution >= 0.6 is 11.6 Å². The molecule has 0 spiro atoms. The average Bonchev–Trinajstić information content (AvgIpc) is 2.75. The van der Waals surface area contributed by atoms with Gasteiger partial charge in [0.2, 0.25) is 0 Å². The van der Waals surface area contributed by atoms with Crippen LogP contribution < -0.4 is 0 Å². The number of nitrogens with zero attached hydrogens (tertiary/aromatic N) is 1. The fourth-order valence-corrected chi connectivity index (χ4v) is 2.47. The number of aromatic amines is 1. The zero-order chi connectivity index (χ0) is 15.0. The zero-order valence-corrected chi connectivity index (χ0v) is 12.6. The summed E-state index contributed by atoms with van der Waals surface area (Å²) in [7, 11) is 0. The lowest BCUT2D eigenvalue weighted by Gasteiger charge is -2.01. The van der Waals surface area contributed by atoms with Crippen LogP contribution in [0.15, 0.2) is 41.4 Å². The van der Waals surface area contributed by atoms with Crippen LogP contribution in [0.3, 0.4) is 0 Å². The van der Waals surface area contributed by atoms with E-state index in [1.807, 2.05) is 38.1 Å². The molecule has 2 aromatic carbocycles. The van der Waals surface area contributed by atoms with Crippen LogP contribution in [0.2, 0.25) is 5.02 Å². The molecular formula is C17H15ClN2O. The maximum absolute atomic E-state index is 10.0. The van der Waals surface area contributed by atoms with Gasteiger partial charge < -0.3 is 10.1 Å². The number of nitrogens with one attached hydrogen (secondary N) is 1. The first-order chi connectivity index (χ1) is 10.0. The summed E-state index contributed by atoms with van der Waals surface area (Å²) in [6, 6.07) is 11.5. The number of rotatable bonds is 2. The fourth-order valence-electron chi connectivity index (χ4n) is 2.29. The van der Waals surface area contributed by atoms with Gasteiger partial charge in [-0.15, -0.1) is 0 Å². The first-order valence-electron chi connectivity index (χ1n) is 6.66. The summed E-state index contributed by atoms with van der Waals surface area (Å²) in [4.78, 5) is 7.42. The van der Waals surface area contributed by atoms with E-state index in [9.17, 15) is 5.11 Å². The summed E-state index contributed by atoms with van der Waals surface area (Å²) in [5.74, 6) is 0.0984. The second kappa shape index (κ2) is 5.26. The summed E-state index contributed by atoms with van der Waals surface area (Å²) in [6.45, 7) is 4.04. The van der Waals surface area contributed by atoms with Crippen molar-refractivity contribution in [2.45, 2.75) is 13.8 Å². The van der Waals surface area contributed by atoms with Gasteiger partial charge in [-0.2, -0.15) is 0 Å². The highest BCUT2D eigenvalue weighted by Crippen LogP contribution is 2.29. The van der Waals surface area contributed by atoms with E-state index in [4.69, 9.17) is 11.6 Å². The average molecular weight is 299 g/mol. The van der Waals surface area contributed by atoms with Crippen LogP contribution in [-0.2, 0) is 0 Å². The number of halogens is 1. The van der Waals surface area contributed by atoms with E-state index in [1.165, 1.54) is 0 Å². The molecule has 3 rings (SSSR count). The third kappa shape index (κ3) is 2.65. The Kier molecular flexibility index (Phi) is 3.43. The quantitative estimate of drug-likeness (QED) is 0.650. The van der Waals surface area contributed by atoms with Crippen molar-refractivity contribution in [1.29, 1.82) is 0 Å². The fraction of sp³-hybridized carbons (Fsp3) is 0.118. The van der Waals surface area contributed by atoms with Crippen molar-refractivity contribution in [3.63, 3.8) is 0 Å². The summed E-state index contributed by atoms with van der Waals surface area (Å²) in [5, 5.41) is 11.5. The van der Waals surface area contributed by atoms with Crippen LogP contribution in [0.1, 0.15) is 16.7 Å². The van der Waals surface area contributed by atoms with E-state index < -0.39 is 0 Å². The molecular weight excluding hydrogens is 284 g/mol. The van der Waals surface area contributed by atoms with Gasteiger partial charge in [0.25, 0.3) is 0 Å². The largest absolute Gasteiger partial charge is 0.494 e. The van der Waals surface area contributed by atoms with Gasteiger partial charge in [0.05, 0.1) is 11.3 Å². The van der Waals surface area contributed by atoms with Gasteiger partial charge in [-0.1, -0.05) is 23.7 Å². The lowest BCUT2D eigenvalue weighted by atomic mass is 10.1. The van der Waals surface area contributed by atoms with Crippen molar-refractivity contribution in [2.75, 3.05) is 0 Å². The summed E-state index contributed by atoms with van der Waals surface area (Å²) in [6.07, 6.45) is 1.67. The number of hydrogen-bond donors (Lipinski definition) is 2. The minimum absolute atomic E-state index is 0.0984. The van der Waals surface area contributed by atoms with Crippen molar-refractivity contribution in [1.82, 2.24) is 4.98 Å². The Balaban J connectivity index is 2.09. The van der Waals surface area contributed by atoms with Gasteiger partial charge in [0.1, 0.15) is 0 Å². The maximum atomic E-state index is 10.0. The Morgan fingerprint density at radius 2 is 1.95 bits per heavy atom. The minimum atomic E-state index is 0.0984. The number of aromatic nitrogens is 1. The second-order valence-corrected chi connectivity index (χ2v) is 5.56. The maximum Gasteiger partial charge on any atom is 0.198 e. The lowest BCUT2D eigenvalue weighted by molar-refractivity contribution is 0.457. The molecule has 4 heteroatoms. The van der Waals surface area contributed by atoms with Gasteiger partial charge in [0.15, 0.2) is 5.88 Å². The van der Waals surface area contributed by atoms with Crippen molar-refractivity contribution in [3.05, 3.63) is 58.1 Å². The molecule has 3 nitrogen and oxygen atoms in total. The molecule has 2 N–H and O–H groups in total. The summed E-state index contributed by atoms with van der Waals surface area (Å²) in [5.41, 5.74) is 4.62. The molecule has 0 bridgehead atoms. The van der Waals surface area contributed by atoms with Gasteiger partial charge >= 0.3 is 0 Å².